The van der Waals surface area contributed by atoms with E-state index in [4.69, 9.17) is 4.74 Å². The Morgan fingerprint density at radius 3 is 2.38 bits per heavy atom. The number of phenolic OH excluding ortho intramolecular Hbond substituents is 1. The molecule has 0 spiro atoms. The number of rotatable bonds is 14. The molecule has 0 radical (unpaired) electrons. The number of benzene rings is 2. The Bertz CT molecular complexity index is 1100. The van der Waals surface area contributed by atoms with Crippen LogP contribution in [0.2, 0.25) is 0 Å². The summed E-state index contributed by atoms with van der Waals surface area (Å²) in [6.07, 6.45) is 4.17. The van der Waals surface area contributed by atoms with Gasteiger partial charge in [-0.3, -0.25) is 9.59 Å². The van der Waals surface area contributed by atoms with Gasteiger partial charge >= 0.3 is 6.09 Å². The molecule has 0 heterocycles. The minimum atomic E-state index is -0.954. The Balaban J connectivity index is 2.49. The van der Waals surface area contributed by atoms with Gasteiger partial charge in [-0.25, -0.2) is 4.79 Å². The molecule has 2 unspecified atom stereocenters. The minimum Gasteiger partial charge on any atom is -0.508 e. The van der Waals surface area contributed by atoms with Crippen molar-refractivity contribution in [1.29, 1.82) is 0 Å². The van der Waals surface area contributed by atoms with Gasteiger partial charge in [0.05, 0.1) is 0 Å². The highest BCUT2D eigenvalue weighted by atomic mass is 32.2. The zero-order chi connectivity index (χ0) is 29.7. The number of alkyl carbamates (subject to hydrolysis) is 1. The first-order chi connectivity index (χ1) is 19.0. The van der Waals surface area contributed by atoms with Crippen LogP contribution < -0.4 is 10.6 Å². The molecule has 0 bridgehead atoms. The summed E-state index contributed by atoms with van der Waals surface area (Å²) in [5, 5.41) is 15.9. The van der Waals surface area contributed by atoms with Gasteiger partial charge in [0.2, 0.25) is 11.8 Å². The number of hydrogen-bond acceptors (Lipinski definition) is 6. The highest BCUT2D eigenvalue weighted by molar-refractivity contribution is 7.98. The van der Waals surface area contributed by atoms with E-state index >= 15 is 0 Å². The monoisotopic (exact) mass is 571 g/mol. The number of aromatic hydroxyl groups is 1. The third-order valence-corrected chi connectivity index (χ3v) is 6.94. The molecule has 0 aromatic heterocycles. The fourth-order valence-corrected chi connectivity index (χ4v) is 4.72. The van der Waals surface area contributed by atoms with Crippen LogP contribution in [0.3, 0.4) is 0 Å². The number of phenols is 1. The number of unbranched alkanes of at least 4 members (excludes halogenated alkanes) is 2. The Hall–Kier alpha value is -3.20. The van der Waals surface area contributed by atoms with E-state index in [1.165, 1.54) is 0 Å². The first-order valence-corrected chi connectivity index (χ1v) is 15.3. The summed E-state index contributed by atoms with van der Waals surface area (Å²) in [6.45, 7) is 9.77. The van der Waals surface area contributed by atoms with Crippen molar-refractivity contribution < 1.29 is 24.2 Å². The molecule has 3 amide bonds. The summed E-state index contributed by atoms with van der Waals surface area (Å²) in [7, 11) is 0. The first kappa shape index (κ1) is 33.0. The molecule has 0 saturated carbocycles. The van der Waals surface area contributed by atoms with Gasteiger partial charge in [-0.05, 0) is 81.4 Å². The smallest absolute Gasteiger partial charge is 0.408 e. The third kappa shape index (κ3) is 10.8. The van der Waals surface area contributed by atoms with Crippen molar-refractivity contribution in [2.75, 3.05) is 18.6 Å². The highest BCUT2D eigenvalue weighted by Crippen LogP contribution is 2.28. The zero-order valence-corrected chi connectivity index (χ0v) is 25.5. The normalized spacial score (nSPS) is 12.8. The van der Waals surface area contributed by atoms with Crippen LogP contribution in [0.5, 0.6) is 5.75 Å². The lowest BCUT2D eigenvalue weighted by molar-refractivity contribution is -0.142. The van der Waals surface area contributed by atoms with Crippen LogP contribution in [-0.2, 0) is 20.9 Å². The van der Waals surface area contributed by atoms with Crippen molar-refractivity contribution in [3.8, 4) is 5.75 Å². The second-order valence-corrected chi connectivity index (χ2v) is 11.9. The third-order valence-electron chi connectivity index (χ3n) is 6.29. The fourth-order valence-electron chi connectivity index (χ4n) is 4.25. The van der Waals surface area contributed by atoms with Gasteiger partial charge in [-0.15, -0.1) is 0 Å². The van der Waals surface area contributed by atoms with Gasteiger partial charge in [-0.2, -0.15) is 11.8 Å². The molecule has 0 aliphatic carbocycles. The number of aryl methyl sites for hydroxylation is 1. The van der Waals surface area contributed by atoms with Crippen molar-refractivity contribution in [2.45, 2.75) is 84.5 Å². The lowest BCUT2D eigenvalue weighted by Crippen LogP contribution is -2.53. The molecule has 2 aromatic rings. The lowest BCUT2D eigenvalue weighted by Gasteiger charge is -2.35. The molecule has 40 heavy (non-hydrogen) atoms. The van der Waals surface area contributed by atoms with E-state index < -0.39 is 23.8 Å². The van der Waals surface area contributed by atoms with E-state index in [9.17, 15) is 19.5 Å². The number of thioether (sulfide) groups is 1. The standard InChI is InChI=1S/C31H45N3O5S/c1-7-8-12-18-34(29(37)25(17-19-40-6)33-30(38)39-31(3,4)5)27(24-15-16-26(35)22(2)20-24)28(36)32-21-23-13-10-9-11-14-23/h9-11,13-16,20,25,27,35H,7-8,12,17-19,21H2,1-6H3,(H,32,36)(H,33,38). The average Bonchev–Trinajstić information content (AvgIpc) is 2.90. The molecule has 0 saturated heterocycles. The maximum absolute atomic E-state index is 14.2. The first-order valence-electron chi connectivity index (χ1n) is 13.9. The summed E-state index contributed by atoms with van der Waals surface area (Å²) in [4.78, 5) is 42.4. The maximum Gasteiger partial charge on any atom is 0.408 e. The van der Waals surface area contributed by atoms with Crippen LogP contribution in [-0.4, -0.2) is 58.1 Å². The highest BCUT2D eigenvalue weighted by Gasteiger charge is 2.36. The summed E-state index contributed by atoms with van der Waals surface area (Å²) >= 11 is 1.57. The van der Waals surface area contributed by atoms with Crippen LogP contribution in [0.15, 0.2) is 48.5 Å². The number of ether oxygens (including phenoxy) is 1. The average molecular weight is 572 g/mol. The Kier molecular flexibility index (Phi) is 13.3. The molecule has 220 valence electrons. The summed E-state index contributed by atoms with van der Waals surface area (Å²) in [5.74, 6) is 0.0693. The minimum absolute atomic E-state index is 0.112. The second kappa shape index (κ2) is 16.2. The van der Waals surface area contributed by atoms with Gasteiger partial charge < -0.3 is 25.4 Å². The van der Waals surface area contributed by atoms with Gasteiger partial charge in [-0.1, -0.05) is 56.2 Å². The molecule has 9 heteroatoms. The van der Waals surface area contributed by atoms with Crippen LogP contribution >= 0.6 is 11.8 Å². The Labute approximate surface area is 243 Å². The van der Waals surface area contributed by atoms with E-state index in [2.05, 4.69) is 17.6 Å². The van der Waals surface area contributed by atoms with E-state index in [-0.39, 0.29) is 17.6 Å². The molecule has 0 aliphatic rings. The molecule has 2 aromatic carbocycles. The summed E-state index contributed by atoms with van der Waals surface area (Å²) in [5.41, 5.74) is 1.41. The van der Waals surface area contributed by atoms with Crippen molar-refractivity contribution >= 4 is 29.7 Å². The fraction of sp³-hybridized carbons (Fsp3) is 0.516. The SMILES string of the molecule is CCCCCN(C(=O)C(CCSC)NC(=O)OC(C)(C)C)C(C(=O)NCc1ccccc1)c1ccc(O)c(C)c1. The number of nitrogens with zero attached hydrogens (tertiary/aromatic N) is 1. The number of hydrogen-bond donors (Lipinski definition) is 3. The van der Waals surface area contributed by atoms with Gasteiger partial charge in [0.15, 0.2) is 0 Å². The Morgan fingerprint density at radius 1 is 1.07 bits per heavy atom. The predicted octanol–water partition coefficient (Wildman–Crippen LogP) is 5.72. The van der Waals surface area contributed by atoms with Gasteiger partial charge in [0.25, 0.3) is 0 Å². The van der Waals surface area contributed by atoms with E-state index in [1.54, 1.807) is 62.6 Å². The summed E-state index contributed by atoms with van der Waals surface area (Å²) in [6, 6.07) is 12.7. The molecule has 8 nitrogen and oxygen atoms in total. The van der Waals surface area contributed by atoms with Crippen LogP contribution in [0.4, 0.5) is 4.79 Å². The molecular formula is C31H45N3O5S. The molecular weight excluding hydrogens is 526 g/mol. The van der Waals surface area contributed by atoms with E-state index in [1.807, 2.05) is 36.6 Å². The quantitative estimate of drug-likeness (QED) is 0.250. The maximum atomic E-state index is 14.2. The lowest BCUT2D eigenvalue weighted by atomic mass is 9.99. The molecule has 2 rings (SSSR count). The molecule has 2 atom stereocenters. The van der Waals surface area contributed by atoms with Crippen molar-refractivity contribution in [2.24, 2.45) is 0 Å². The molecule has 0 fully saturated rings. The predicted molar refractivity (Wildman–Crippen MR) is 161 cm³/mol. The van der Waals surface area contributed by atoms with Crippen LogP contribution in [0.1, 0.15) is 76.1 Å². The van der Waals surface area contributed by atoms with E-state index in [0.717, 1.165) is 18.4 Å². The van der Waals surface area contributed by atoms with Gasteiger partial charge in [0, 0.05) is 13.1 Å². The molecule has 3 N–H and O–H groups in total. The number of carbonyl (C=O) groups is 3. The van der Waals surface area contributed by atoms with E-state index in [0.29, 0.717) is 42.8 Å². The van der Waals surface area contributed by atoms with Gasteiger partial charge in [0.1, 0.15) is 23.4 Å². The zero-order valence-electron chi connectivity index (χ0n) is 24.7. The van der Waals surface area contributed by atoms with Crippen molar-refractivity contribution in [3.63, 3.8) is 0 Å². The number of amides is 3. The topological polar surface area (TPSA) is 108 Å². The largest absolute Gasteiger partial charge is 0.508 e. The summed E-state index contributed by atoms with van der Waals surface area (Å²) < 4.78 is 5.45. The van der Waals surface area contributed by atoms with Crippen LogP contribution in [0.25, 0.3) is 0 Å². The Morgan fingerprint density at radius 2 is 1.77 bits per heavy atom. The van der Waals surface area contributed by atoms with Crippen LogP contribution in [0, 0.1) is 6.92 Å². The van der Waals surface area contributed by atoms with Crippen molar-refractivity contribution in [3.05, 3.63) is 65.2 Å². The van der Waals surface area contributed by atoms with Crippen molar-refractivity contribution in [1.82, 2.24) is 15.5 Å². The second-order valence-electron chi connectivity index (χ2n) is 10.9. The molecule has 0 aliphatic heterocycles. The number of nitrogens with one attached hydrogen (secondary N) is 2. The number of carbonyl (C=O) groups excluding carboxylic acids is 3.